The van der Waals surface area contributed by atoms with Crippen molar-refractivity contribution in [1.82, 2.24) is 0 Å². The first-order chi connectivity index (χ1) is 11.4. The van der Waals surface area contributed by atoms with E-state index in [9.17, 15) is 19.7 Å². The molecule has 132 valence electrons. The Hall–Kier alpha value is -2.15. The molecule has 0 aliphatic rings. The smallest absolute Gasteiger partial charge is 0.306 e. The van der Waals surface area contributed by atoms with Gasteiger partial charge in [-0.3, -0.25) is 19.7 Å². The molecule has 0 spiro atoms. The van der Waals surface area contributed by atoms with E-state index in [0.29, 0.717) is 6.61 Å². The lowest BCUT2D eigenvalue weighted by molar-refractivity contribution is -0.385. The molecule has 0 fully saturated rings. The zero-order chi connectivity index (χ0) is 17.9. The van der Waals surface area contributed by atoms with Crippen molar-refractivity contribution in [1.29, 1.82) is 0 Å². The molecule has 8 heteroatoms. The summed E-state index contributed by atoms with van der Waals surface area (Å²) >= 11 is 5.71. The fourth-order valence-corrected chi connectivity index (χ4v) is 2.04. The summed E-state index contributed by atoms with van der Waals surface area (Å²) in [7, 11) is 0. The zero-order valence-corrected chi connectivity index (χ0v) is 14.2. The predicted molar refractivity (Wildman–Crippen MR) is 87.6 cm³/mol. The minimum absolute atomic E-state index is 0.0757. The second-order valence-electron chi connectivity index (χ2n) is 5.12. The minimum atomic E-state index is -0.621. The van der Waals surface area contributed by atoms with Crippen molar-refractivity contribution in [3.8, 4) is 0 Å². The fraction of sp³-hybridized carbons (Fsp3) is 0.500. The van der Waals surface area contributed by atoms with Gasteiger partial charge in [0, 0.05) is 11.1 Å². The number of carbonyl (C=O) groups excluding carboxylic acids is 2. The first-order valence-electron chi connectivity index (χ1n) is 7.68. The summed E-state index contributed by atoms with van der Waals surface area (Å²) < 4.78 is 9.93. The van der Waals surface area contributed by atoms with Crippen LogP contribution >= 0.6 is 11.6 Å². The van der Waals surface area contributed by atoms with E-state index in [2.05, 4.69) is 0 Å². The molecule has 1 aromatic carbocycles. The number of nitrogens with zero attached hydrogens (tertiary/aromatic N) is 1. The largest absolute Gasteiger partial charge is 0.466 e. The number of ether oxygens (including phenoxy) is 2. The Morgan fingerprint density at radius 1 is 1.17 bits per heavy atom. The number of nitro benzene ring substituents is 1. The van der Waals surface area contributed by atoms with Gasteiger partial charge in [0.05, 0.1) is 29.9 Å². The topological polar surface area (TPSA) is 95.7 Å². The number of hydrogen-bond acceptors (Lipinski definition) is 6. The van der Waals surface area contributed by atoms with Crippen LogP contribution in [0.5, 0.6) is 0 Å². The third-order valence-corrected chi connectivity index (χ3v) is 3.41. The lowest BCUT2D eigenvalue weighted by Crippen LogP contribution is -2.11. The van der Waals surface area contributed by atoms with E-state index in [1.54, 1.807) is 0 Å². The van der Waals surface area contributed by atoms with Crippen molar-refractivity contribution in [2.45, 2.75) is 45.6 Å². The Bertz CT molecular complexity index is 590. The zero-order valence-electron chi connectivity index (χ0n) is 13.5. The molecule has 7 nitrogen and oxygen atoms in total. The van der Waals surface area contributed by atoms with Crippen molar-refractivity contribution in [2.24, 2.45) is 0 Å². The molecule has 0 heterocycles. The van der Waals surface area contributed by atoms with Gasteiger partial charge in [0.2, 0.25) is 0 Å². The van der Waals surface area contributed by atoms with E-state index in [1.807, 2.05) is 6.92 Å². The summed E-state index contributed by atoms with van der Waals surface area (Å²) in [5.74, 6) is -1.08. The molecule has 0 atom stereocenters. The summed E-state index contributed by atoms with van der Waals surface area (Å²) in [5.41, 5.74) is 0.0190. The molecular weight excluding hydrogens is 338 g/mol. The second kappa shape index (κ2) is 10.6. The van der Waals surface area contributed by atoms with Crippen LogP contribution in [-0.4, -0.2) is 23.5 Å². The summed E-state index contributed by atoms with van der Waals surface area (Å²) in [6, 6.07) is 4.10. The van der Waals surface area contributed by atoms with Crippen LogP contribution in [0.2, 0.25) is 5.02 Å². The third kappa shape index (κ3) is 7.41. The van der Waals surface area contributed by atoms with Crippen LogP contribution in [0.1, 0.15) is 44.6 Å². The van der Waals surface area contributed by atoms with Gasteiger partial charge in [0.15, 0.2) is 0 Å². The van der Waals surface area contributed by atoms with Gasteiger partial charge >= 0.3 is 11.9 Å². The van der Waals surface area contributed by atoms with Gasteiger partial charge < -0.3 is 9.47 Å². The molecule has 0 unspecified atom stereocenters. The lowest BCUT2D eigenvalue weighted by Gasteiger charge is -2.06. The predicted octanol–water partition coefficient (Wildman–Crippen LogP) is 3.81. The molecule has 0 radical (unpaired) electrons. The number of carbonyl (C=O) groups is 2. The van der Waals surface area contributed by atoms with Gasteiger partial charge in [-0.1, -0.05) is 31.4 Å². The normalized spacial score (nSPS) is 10.2. The Balaban J connectivity index is 2.36. The Kier molecular flexibility index (Phi) is 8.78. The van der Waals surface area contributed by atoms with Crippen molar-refractivity contribution < 1.29 is 24.0 Å². The summed E-state index contributed by atoms with van der Waals surface area (Å²) in [4.78, 5) is 33.4. The van der Waals surface area contributed by atoms with Crippen LogP contribution in [0.15, 0.2) is 18.2 Å². The Labute approximate surface area is 145 Å². The molecule has 0 bridgehead atoms. The van der Waals surface area contributed by atoms with E-state index in [1.165, 1.54) is 18.2 Å². The molecule has 0 aromatic heterocycles. The molecule has 0 saturated carbocycles. The second-order valence-corrected chi connectivity index (χ2v) is 5.55. The van der Waals surface area contributed by atoms with Crippen LogP contribution < -0.4 is 0 Å². The summed E-state index contributed by atoms with van der Waals surface area (Å²) in [6.07, 6.45) is 2.60. The van der Waals surface area contributed by atoms with Gasteiger partial charge in [0.25, 0.3) is 5.69 Å². The highest BCUT2D eigenvalue weighted by atomic mass is 35.5. The quantitative estimate of drug-likeness (QED) is 0.273. The summed E-state index contributed by atoms with van der Waals surface area (Å²) in [5, 5.41) is 11.2. The van der Waals surface area contributed by atoms with Gasteiger partial charge in [-0.15, -0.1) is 0 Å². The summed E-state index contributed by atoms with van der Waals surface area (Å²) in [6.45, 7) is 2.14. The van der Waals surface area contributed by atoms with Crippen molar-refractivity contribution in [3.63, 3.8) is 0 Å². The molecule has 1 rings (SSSR count). The monoisotopic (exact) mass is 357 g/mol. The van der Waals surface area contributed by atoms with Crippen LogP contribution in [0.3, 0.4) is 0 Å². The average molecular weight is 358 g/mol. The maximum atomic E-state index is 11.6. The highest BCUT2D eigenvalue weighted by molar-refractivity contribution is 6.30. The van der Waals surface area contributed by atoms with Gasteiger partial charge in [-0.05, 0) is 18.6 Å². The maximum absolute atomic E-state index is 11.6. The number of rotatable bonds is 10. The Morgan fingerprint density at radius 3 is 2.46 bits per heavy atom. The van der Waals surface area contributed by atoms with E-state index in [4.69, 9.17) is 21.1 Å². The van der Waals surface area contributed by atoms with Crippen LogP contribution in [0, 0.1) is 10.1 Å². The van der Waals surface area contributed by atoms with Gasteiger partial charge in [-0.2, -0.15) is 0 Å². The van der Waals surface area contributed by atoms with E-state index in [-0.39, 0.29) is 35.7 Å². The van der Waals surface area contributed by atoms with Crippen LogP contribution in [-0.2, 0) is 25.7 Å². The molecule has 0 N–H and O–H groups in total. The van der Waals surface area contributed by atoms with Crippen molar-refractivity contribution in [2.75, 3.05) is 6.61 Å². The van der Waals surface area contributed by atoms with E-state index in [0.717, 1.165) is 19.3 Å². The number of benzene rings is 1. The SMILES string of the molecule is CCCCCOC(=O)CCC(=O)OCc1ccc(Cl)cc1[N+](=O)[O-]. The number of hydrogen-bond donors (Lipinski definition) is 0. The molecule has 0 saturated heterocycles. The average Bonchev–Trinajstić information content (AvgIpc) is 2.55. The molecule has 24 heavy (non-hydrogen) atoms. The van der Waals surface area contributed by atoms with Crippen molar-refractivity contribution >= 4 is 29.2 Å². The maximum Gasteiger partial charge on any atom is 0.306 e. The van der Waals surface area contributed by atoms with Gasteiger partial charge in [0.1, 0.15) is 6.61 Å². The molecule has 0 aliphatic carbocycles. The van der Waals surface area contributed by atoms with Gasteiger partial charge in [-0.25, -0.2) is 0 Å². The highest BCUT2D eigenvalue weighted by Crippen LogP contribution is 2.23. The Morgan fingerprint density at radius 2 is 1.83 bits per heavy atom. The van der Waals surface area contributed by atoms with E-state index < -0.39 is 16.9 Å². The molecular formula is C16H20ClNO6. The number of nitro groups is 1. The minimum Gasteiger partial charge on any atom is -0.466 e. The molecule has 0 aliphatic heterocycles. The fourth-order valence-electron chi connectivity index (χ4n) is 1.87. The third-order valence-electron chi connectivity index (χ3n) is 3.18. The lowest BCUT2D eigenvalue weighted by atomic mass is 10.2. The van der Waals surface area contributed by atoms with Crippen LogP contribution in [0.4, 0.5) is 5.69 Å². The van der Waals surface area contributed by atoms with E-state index >= 15 is 0 Å². The molecule has 1 aromatic rings. The number of unbranched alkanes of at least 4 members (excludes halogenated alkanes) is 2. The standard InChI is InChI=1S/C16H20ClNO6/c1-2-3-4-9-23-15(19)7-8-16(20)24-11-12-5-6-13(17)10-14(12)18(21)22/h5-6,10H,2-4,7-9,11H2,1H3. The number of esters is 2. The highest BCUT2D eigenvalue weighted by Gasteiger charge is 2.16. The van der Waals surface area contributed by atoms with Crippen LogP contribution in [0.25, 0.3) is 0 Å². The first-order valence-corrected chi connectivity index (χ1v) is 8.06. The number of halogens is 1. The van der Waals surface area contributed by atoms with Crippen molar-refractivity contribution in [3.05, 3.63) is 38.9 Å². The first kappa shape index (κ1) is 19.9. The molecule has 0 amide bonds.